The highest BCUT2D eigenvalue weighted by Crippen LogP contribution is 2.30. The van der Waals surface area contributed by atoms with Crippen molar-refractivity contribution in [3.05, 3.63) is 41.8 Å². The van der Waals surface area contributed by atoms with Crippen molar-refractivity contribution in [3.8, 4) is 0 Å². The van der Waals surface area contributed by atoms with Crippen LogP contribution in [0.5, 0.6) is 0 Å². The zero-order valence-corrected chi connectivity index (χ0v) is 16.2. The van der Waals surface area contributed by atoms with Gasteiger partial charge in [-0.2, -0.15) is 0 Å². The van der Waals surface area contributed by atoms with Crippen LogP contribution in [-0.4, -0.2) is 62.4 Å². The van der Waals surface area contributed by atoms with Gasteiger partial charge in [-0.15, -0.1) is 0 Å². The van der Waals surface area contributed by atoms with E-state index in [0.29, 0.717) is 31.2 Å². The molecule has 8 nitrogen and oxygen atoms in total. The van der Waals surface area contributed by atoms with Gasteiger partial charge in [0.15, 0.2) is 0 Å². The van der Waals surface area contributed by atoms with Gasteiger partial charge >= 0.3 is 0 Å². The lowest BCUT2D eigenvalue weighted by Gasteiger charge is -2.35. The van der Waals surface area contributed by atoms with Gasteiger partial charge in [0.2, 0.25) is 5.76 Å². The minimum atomic E-state index is -0.133. The van der Waals surface area contributed by atoms with Crippen LogP contribution in [0.4, 0.5) is 0 Å². The van der Waals surface area contributed by atoms with Gasteiger partial charge < -0.3 is 14.3 Å². The van der Waals surface area contributed by atoms with Crippen molar-refractivity contribution in [2.75, 3.05) is 19.6 Å². The summed E-state index contributed by atoms with van der Waals surface area (Å²) in [5.41, 5.74) is 1.15. The highest BCUT2D eigenvalue weighted by Gasteiger charge is 2.40. The summed E-state index contributed by atoms with van der Waals surface area (Å²) < 4.78 is 5.33. The molecule has 0 aromatic carbocycles. The molecule has 5 heterocycles. The van der Waals surface area contributed by atoms with Gasteiger partial charge in [0, 0.05) is 44.1 Å². The summed E-state index contributed by atoms with van der Waals surface area (Å²) in [4.78, 5) is 37.7. The predicted molar refractivity (Wildman–Crippen MR) is 101 cm³/mol. The van der Waals surface area contributed by atoms with Crippen LogP contribution in [0.25, 0.3) is 0 Å². The quantitative estimate of drug-likeness (QED) is 0.802. The molecule has 2 aromatic heterocycles. The number of piperidine rings is 1. The standard InChI is InChI=1S/C20H25N5O3/c1-13(2)7-15-8-18(28-23-15)20(27)25-11-14-3-4-16(25)12-24(10-14)19(26)17-9-21-5-6-22-17/h5-6,8-9,13-14,16H,3-4,7,10-12H2,1-2H3/t14-,16+/m0/s1. The molecule has 0 radical (unpaired) electrons. The molecule has 2 aromatic rings. The number of rotatable bonds is 4. The highest BCUT2D eigenvalue weighted by atomic mass is 16.5. The van der Waals surface area contributed by atoms with E-state index in [1.54, 1.807) is 12.3 Å². The van der Waals surface area contributed by atoms with Gasteiger partial charge in [-0.1, -0.05) is 19.0 Å². The van der Waals surface area contributed by atoms with Crippen molar-refractivity contribution < 1.29 is 14.1 Å². The monoisotopic (exact) mass is 383 g/mol. The lowest BCUT2D eigenvalue weighted by Crippen LogP contribution is -2.47. The fraction of sp³-hybridized carbons (Fsp3) is 0.550. The molecule has 8 heteroatoms. The van der Waals surface area contributed by atoms with Gasteiger partial charge in [-0.05, 0) is 31.1 Å². The highest BCUT2D eigenvalue weighted by molar-refractivity contribution is 5.93. The molecule has 0 saturated carbocycles. The second-order valence-corrected chi connectivity index (χ2v) is 8.14. The van der Waals surface area contributed by atoms with Gasteiger partial charge in [0.1, 0.15) is 5.69 Å². The van der Waals surface area contributed by atoms with E-state index in [2.05, 4.69) is 29.0 Å². The molecule has 0 spiro atoms. The summed E-state index contributed by atoms with van der Waals surface area (Å²) in [7, 11) is 0. The fourth-order valence-electron chi connectivity index (χ4n) is 4.14. The van der Waals surface area contributed by atoms with E-state index in [0.717, 1.165) is 25.0 Å². The Morgan fingerprint density at radius 3 is 2.79 bits per heavy atom. The predicted octanol–water partition coefficient (Wildman–Crippen LogP) is 2.04. The Bertz CT molecular complexity index is 851. The molecule has 0 aliphatic carbocycles. The van der Waals surface area contributed by atoms with E-state index in [1.807, 2.05) is 9.80 Å². The number of amides is 2. The smallest absolute Gasteiger partial charge is 0.292 e. The maximum atomic E-state index is 13.1. The summed E-state index contributed by atoms with van der Waals surface area (Å²) >= 11 is 0. The number of hydrogen-bond donors (Lipinski definition) is 0. The molecule has 0 N–H and O–H groups in total. The van der Waals surface area contributed by atoms with Crippen LogP contribution < -0.4 is 0 Å². The Kier molecular flexibility index (Phi) is 5.11. The van der Waals surface area contributed by atoms with Crippen LogP contribution in [0.1, 0.15) is 53.4 Å². The Labute approximate surface area is 163 Å². The van der Waals surface area contributed by atoms with Crippen molar-refractivity contribution in [2.24, 2.45) is 11.8 Å². The number of carbonyl (C=O) groups is 2. The van der Waals surface area contributed by atoms with E-state index >= 15 is 0 Å². The van der Waals surface area contributed by atoms with Crippen molar-refractivity contribution in [1.82, 2.24) is 24.9 Å². The zero-order chi connectivity index (χ0) is 19.7. The largest absolute Gasteiger partial charge is 0.351 e. The van der Waals surface area contributed by atoms with E-state index in [-0.39, 0.29) is 29.5 Å². The molecule has 0 unspecified atom stereocenters. The third-order valence-corrected chi connectivity index (χ3v) is 5.43. The molecule has 3 aliphatic heterocycles. The number of carbonyl (C=O) groups excluding carboxylic acids is 2. The number of fused-ring (bicyclic) bond motifs is 4. The van der Waals surface area contributed by atoms with E-state index in [9.17, 15) is 9.59 Å². The van der Waals surface area contributed by atoms with E-state index in [4.69, 9.17) is 4.52 Å². The molecule has 148 valence electrons. The first kappa shape index (κ1) is 18.6. The molecule has 3 fully saturated rings. The maximum Gasteiger partial charge on any atom is 0.292 e. The molecule has 28 heavy (non-hydrogen) atoms. The summed E-state index contributed by atoms with van der Waals surface area (Å²) in [5.74, 6) is 0.725. The average molecular weight is 383 g/mol. The normalized spacial score (nSPS) is 21.8. The Morgan fingerprint density at radius 2 is 2.04 bits per heavy atom. The van der Waals surface area contributed by atoms with Crippen LogP contribution in [0.3, 0.4) is 0 Å². The zero-order valence-electron chi connectivity index (χ0n) is 16.2. The third kappa shape index (κ3) is 3.76. The number of nitrogens with zero attached hydrogens (tertiary/aromatic N) is 5. The number of hydrogen-bond acceptors (Lipinski definition) is 6. The summed E-state index contributed by atoms with van der Waals surface area (Å²) in [6.07, 6.45) is 7.23. The molecular formula is C20H25N5O3. The number of aromatic nitrogens is 3. The molecule has 5 rings (SSSR count). The molecule has 3 saturated heterocycles. The van der Waals surface area contributed by atoms with Crippen molar-refractivity contribution >= 4 is 11.8 Å². The van der Waals surface area contributed by atoms with Gasteiger partial charge in [0.25, 0.3) is 11.8 Å². The van der Waals surface area contributed by atoms with Crippen molar-refractivity contribution in [2.45, 2.75) is 39.2 Å². The Hall–Kier alpha value is -2.77. The van der Waals surface area contributed by atoms with Crippen LogP contribution in [-0.2, 0) is 6.42 Å². The summed E-state index contributed by atoms with van der Waals surface area (Å²) in [6, 6.07) is 1.73. The van der Waals surface area contributed by atoms with Crippen LogP contribution in [0, 0.1) is 11.8 Å². The first-order chi connectivity index (χ1) is 13.5. The lowest BCUT2D eigenvalue weighted by atomic mass is 9.94. The second-order valence-electron chi connectivity index (χ2n) is 8.14. The van der Waals surface area contributed by atoms with Gasteiger partial charge in [-0.25, -0.2) is 4.98 Å². The molecular weight excluding hydrogens is 358 g/mol. The first-order valence-corrected chi connectivity index (χ1v) is 9.83. The maximum absolute atomic E-state index is 13.1. The Balaban J connectivity index is 1.49. The SMILES string of the molecule is CC(C)Cc1cc(C(=O)N2C[C@H]3CC[C@@H]2CN(C(=O)c2cnccn2)C3)on1. The summed E-state index contributed by atoms with van der Waals surface area (Å²) in [5, 5.41) is 4.04. The van der Waals surface area contributed by atoms with E-state index < -0.39 is 0 Å². The van der Waals surface area contributed by atoms with E-state index in [1.165, 1.54) is 12.4 Å². The minimum absolute atomic E-state index is 0.0227. The molecule has 2 amide bonds. The fourth-order valence-corrected chi connectivity index (χ4v) is 4.14. The molecule has 2 atom stereocenters. The first-order valence-electron chi connectivity index (χ1n) is 9.83. The van der Waals surface area contributed by atoms with Crippen molar-refractivity contribution in [1.29, 1.82) is 0 Å². The van der Waals surface area contributed by atoms with Gasteiger partial charge in [-0.3, -0.25) is 14.6 Å². The molecule has 2 bridgehead atoms. The average Bonchev–Trinajstić information content (AvgIpc) is 2.95. The lowest BCUT2D eigenvalue weighted by molar-refractivity contribution is 0.0535. The van der Waals surface area contributed by atoms with Crippen LogP contribution in [0.2, 0.25) is 0 Å². The minimum Gasteiger partial charge on any atom is -0.351 e. The van der Waals surface area contributed by atoms with Gasteiger partial charge in [0.05, 0.1) is 11.9 Å². The van der Waals surface area contributed by atoms with Crippen LogP contribution >= 0.6 is 0 Å². The Morgan fingerprint density at radius 1 is 1.18 bits per heavy atom. The van der Waals surface area contributed by atoms with Crippen LogP contribution in [0.15, 0.2) is 29.2 Å². The third-order valence-electron chi connectivity index (χ3n) is 5.43. The topological polar surface area (TPSA) is 92.4 Å². The second kappa shape index (κ2) is 7.69. The summed E-state index contributed by atoms with van der Waals surface area (Å²) in [6.45, 7) is 5.97. The van der Waals surface area contributed by atoms with Crippen molar-refractivity contribution in [3.63, 3.8) is 0 Å². The molecule has 3 aliphatic rings.